The number of aryl methyl sites for hydroxylation is 1. The van der Waals surface area contributed by atoms with Gasteiger partial charge in [0, 0.05) is 6.20 Å². The number of benzene rings is 1. The molecule has 0 saturated heterocycles. The fourth-order valence-electron chi connectivity index (χ4n) is 2.15. The first-order chi connectivity index (χ1) is 9.47. The number of fused-ring (bicyclic) bond motifs is 1. The smallest absolute Gasteiger partial charge is 0.286 e. The summed E-state index contributed by atoms with van der Waals surface area (Å²) in [6, 6.07) is 8.79. The van der Waals surface area contributed by atoms with Gasteiger partial charge in [0.1, 0.15) is 5.82 Å². The van der Waals surface area contributed by atoms with E-state index < -0.39 is 11.7 Å². The number of hydrogen-bond acceptors (Lipinski definition) is 2. The van der Waals surface area contributed by atoms with Crippen LogP contribution in [0.2, 0.25) is 0 Å². The molecule has 0 fully saturated rings. The lowest BCUT2D eigenvalue weighted by Crippen LogP contribution is -2.07. The Bertz CT molecular complexity index is 775. The van der Waals surface area contributed by atoms with Gasteiger partial charge in [-0.2, -0.15) is 13.2 Å². The van der Waals surface area contributed by atoms with Gasteiger partial charge < -0.3 is 0 Å². The molecular formula is C14H10F3N3. The molecule has 0 aliphatic rings. The minimum Gasteiger partial charge on any atom is -0.286 e. The summed E-state index contributed by atoms with van der Waals surface area (Å²) in [7, 11) is 0. The van der Waals surface area contributed by atoms with Gasteiger partial charge in [-0.15, -0.1) is 10.2 Å². The van der Waals surface area contributed by atoms with Crippen LogP contribution in [0.25, 0.3) is 16.8 Å². The molecule has 2 aromatic heterocycles. The number of pyridine rings is 1. The molecule has 0 spiro atoms. The van der Waals surface area contributed by atoms with E-state index in [4.69, 9.17) is 0 Å². The summed E-state index contributed by atoms with van der Waals surface area (Å²) in [5.74, 6) is 0.631. The monoisotopic (exact) mass is 277 g/mol. The molecule has 0 unspecified atom stereocenters. The van der Waals surface area contributed by atoms with Crippen molar-refractivity contribution in [2.75, 3.05) is 0 Å². The van der Waals surface area contributed by atoms with E-state index in [2.05, 4.69) is 10.2 Å². The quantitative estimate of drug-likeness (QED) is 0.678. The molecule has 3 nitrogen and oxygen atoms in total. The average molecular weight is 277 g/mol. The summed E-state index contributed by atoms with van der Waals surface area (Å²) in [6.07, 6.45) is -2.76. The van der Waals surface area contributed by atoms with Gasteiger partial charge in [-0.05, 0) is 36.2 Å². The molecule has 1 aromatic carbocycles. The second-order valence-corrected chi connectivity index (χ2v) is 4.44. The predicted octanol–water partition coefficient (Wildman–Crippen LogP) is 3.72. The summed E-state index contributed by atoms with van der Waals surface area (Å²) in [4.78, 5) is 0. The normalized spacial score (nSPS) is 12.0. The molecule has 20 heavy (non-hydrogen) atoms. The van der Waals surface area contributed by atoms with Gasteiger partial charge in [-0.3, -0.25) is 4.40 Å². The molecule has 0 aliphatic carbocycles. The number of alkyl halides is 3. The Hall–Kier alpha value is -2.37. The number of nitrogens with zero attached hydrogens (tertiary/aromatic N) is 3. The lowest BCUT2D eigenvalue weighted by Gasteiger charge is -2.12. The summed E-state index contributed by atoms with van der Waals surface area (Å²) in [5, 5.41) is 7.81. The Labute approximate surface area is 112 Å². The van der Waals surface area contributed by atoms with Crippen LogP contribution < -0.4 is 0 Å². The largest absolute Gasteiger partial charge is 0.417 e. The molecule has 102 valence electrons. The van der Waals surface area contributed by atoms with Crippen LogP contribution >= 0.6 is 0 Å². The van der Waals surface area contributed by atoms with Crippen LogP contribution in [-0.4, -0.2) is 14.6 Å². The van der Waals surface area contributed by atoms with E-state index in [0.29, 0.717) is 17.0 Å². The van der Waals surface area contributed by atoms with Gasteiger partial charge in [0.25, 0.3) is 0 Å². The maximum Gasteiger partial charge on any atom is 0.417 e. The number of rotatable bonds is 1. The zero-order chi connectivity index (χ0) is 14.3. The molecule has 0 bridgehead atoms. The first-order valence-corrected chi connectivity index (χ1v) is 5.95. The summed E-state index contributed by atoms with van der Waals surface area (Å²) < 4.78 is 40.8. The van der Waals surface area contributed by atoms with E-state index in [1.807, 2.05) is 0 Å². The van der Waals surface area contributed by atoms with Crippen molar-refractivity contribution in [3.8, 4) is 11.1 Å². The summed E-state index contributed by atoms with van der Waals surface area (Å²) in [5.41, 5.74) is 0.587. The van der Waals surface area contributed by atoms with Gasteiger partial charge in [-0.1, -0.05) is 18.2 Å². The van der Waals surface area contributed by atoms with Crippen molar-refractivity contribution in [1.82, 2.24) is 14.6 Å². The van der Waals surface area contributed by atoms with Crippen molar-refractivity contribution in [3.63, 3.8) is 0 Å². The Morgan fingerprint density at radius 3 is 2.50 bits per heavy atom. The zero-order valence-corrected chi connectivity index (χ0v) is 10.5. The van der Waals surface area contributed by atoms with Crippen LogP contribution in [0.4, 0.5) is 13.2 Å². The van der Waals surface area contributed by atoms with Crippen LogP contribution in [0.5, 0.6) is 0 Å². The summed E-state index contributed by atoms with van der Waals surface area (Å²) in [6.45, 7) is 1.75. The van der Waals surface area contributed by atoms with Crippen LogP contribution in [0.1, 0.15) is 11.4 Å². The highest BCUT2D eigenvalue weighted by Crippen LogP contribution is 2.36. The van der Waals surface area contributed by atoms with Crippen molar-refractivity contribution in [2.24, 2.45) is 0 Å². The maximum absolute atomic E-state index is 13.0. The van der Waals surface area contributed by atoms with Crippen LogP contribution in [0, 0.1) is 6.92 Å². The number of hydrogen-bond donors (Lipinski definition) is 0. The third-order valence-electron chi connectivity index (χ3n) is 3.12. The Kier molecular flexibility index (Phi) is 2.74. The minimum atomic E-state index is -4.38. The topological polar surface area (TPSA) is 30.2 Å². The van der Waals surface area contributed by atoms with Crippen molar-refractivity contribution in [1.29, 1.82) is 0 Å². The lowest BCUT2D eigenvalue weighted by atomic mass is 10.0. The fourth-order valence-corrected chi connectivity index (χ4v) is 2.15. The van der Waals surface area contributed by atoms with E-state index in [1.54, 1.807) is 35.7 Å². The maximum atomic E-state index is 13.0. The van der Waals surface area contributed by atoms with Gasteiger partial charge in [0.2, 0.25) is 0 Å². The molecule has 2 heterocycles. The highest BCUT2D eigenvalue weighted by Gasteiger charge is 2.33. The van der Waals surface area contributed by atoms with E-state index in [0.717, 1.165) is 6.07 Å². The second-order valence-electron chi connectivity index (χ2n) is 4.44. The van der Waals surface area contributed by atoms with Gasteiger partial charge >= 0.3 is 6.18 Å². The Balaban J connectivity index is 2.23. The SMILES string of the molecule is Cc1nnc2ccc(-c3ccccc3C(F)(F)F)cn12. The van der Waals surface area contributed by atoms with E-state index in [1.165, 1.54) is 12.1 Å². The molecular weight excluding hydrogens is 267 g/mol. The first kappa shape index (κ1) is 12.7. The van der Waals surface area contributed by atoms with Gasteiger partial charge in [0.15, 0.2) is 5.65 Å². The van der Waals surface area contributed by atoms with Crippen LogP contribution in [0.3, 0.4) is 0 Å². The molecule has 0 aliphatic heterocycles. The Morgan fingerprint density at radius 1 is 1.00 bits per heavy atom. The highest BCUT2D eigenvalue weighted by molar-refractivity contribution is 5.68. The molecule has 3 aromatic rings. The molecule has 0 amide bonds. The van der Waals surface area contributed by atoms with Crippen molar-refractivity contribution >= 4 is 5.65 Å². The summed E-state index contributed by atoms with van der Waals surface area (Å²) >= 11 is 0. The van der Waals surface area contributed by atoms with Gasteiger partial charge in [0.05, 0.1) is 5.56 Å². The highest BCUT2D eigenvalue weighted by atomic mass is 19.4. The van der Waals surface area contributed by atoms with Crippen molar-refractivity contribution in [3.05, 3.63) is 54.0 Å². The number of aromatic nitrogens is 3. The van der Waals surface area contributed by atoms with Crippen LogP contribution in [0.15, 0.2) is 42.6 Å². The van der Waals surface area contributed by atoms with Crippen molar-refractivity contribution < 1.29 is 13.2 Å². The van der Waals surface area contributed by atoms with E-state index >= 15 is 0 Å². The number of halogens is 3. The van der Waals surface area contributed by atoms with E-state index in [-0.39, 0.29) is 5.56 Å². The average Bonchev–Trinajstić information content (AvgIpc) is 2.79. The van der Waals surface area contributed by atoms with E-state index in [9.17, 15) is 13.2 Å². The predicted molar refractivity (Wildman–Crippen MR) is 68.2 cm³/mol. The standard InChI is InChI=1S/C14H10F3N3/c1-9-18-19-13-7-6-10(8-20(9)13)11-4-2-3-5-12(11)14(15,16)17/h2-8H,1H3. The molecule has 0 radical (unpaired) electrons. The zero-order valence-electron chi connectivity index (χ0n) is 10.5. The minimum absolute atomic E-state index is 0.148. The molecule has 3 rings (SSSR count). The molecule has 0 atom stereocenters. The molecule has 0 saturated carbocycles. The van der Waals surface area contributed by atoms with Gasteiger partial charge in [-0.25, -0.2) is 0 Å². The first-order valence-electron chi connectivity index (χ1n) is 5.95. The van der Waals surface area contributed by atoms with Crippen molar-refractivity contribution in [2.45, 2.75) is 13.1 Å². The second kappa shape index (κ2) is 4.33. The fraction of sp³-hybridized carbons (Fsp3) is 0.143. The Morgan fingerprint density at radius 2 is 1.75 bits per heavy atom. The van der Waals surface area contributed by atoms with Crippen LogP contribution in [-0.2, 0) is 6.18 Å². The molecule has 6 heteroatoms. The lowest BCUT2D eigenvalue weighted by molar-refractivity contribution is -0.137. The third-order valence-corrected chi connectivity index (χ3v) is 3.12. The molecule has 0 N–H and O–H groups in total. The third kappa shape index (κ3) is 2.03.